The lowest BCUT2D eigenvalue weighted by Crippen LogP contribution is -2.35. The van der Waals surface area contributed by atoms with Gasteiger partial charge in [-0.15, -0.1) is 0 Å². The number of likely N-dealkylation sites (tertiary alicyclic amines) is 1. The third-order valence-electron chi connectivity index (χ3n) is 5.30. The monoisotopic (exact) mass is 385 g/mol. The van der Waals surface area contributed by atoms with Gasteiger partial charge < -0.3 is 14.8 Å². The average Bonchev–Trinajstić information content (AvgIpc) is 3.42. The molecular weight excluding hydrogens is 362 g/mol. The second-order valence-electron chi connectivity index (χ2n) is 7.31. The Hall–Kier alpha value is -3.43. The van der Waals surface area contributed by atoms with Crippen molar-refractivity contribution in [2.75, 3.05) is 13.1 Å². The molecule has 4 rings (SSSR count). The highest BCUT2D eigenvalue weighted by molar-refractivity contribution is 5.94. The molecule has 6 heteroatoms. The lowest BCUT2D eigenvalue weighted by molar-refractivity contribution is 0.0789. The number of aromatic nitrogens is 2. The van der Waals surface area contributed by atoms with Crippen molar-refractivity contribution in [1.82, 2.24) is 19.8 Å². The fourth-order valence-electron chi connectivity index (χ4n) is 3.64. The highest BCUT2D eigenvalue weighted by atomic mass is 16.2. The van der Waals surface area contributed by atoms with Crippen molar-refractivity contribution in [2.45, 2.75) is 25.6 Å². The number of hydrogen-bond donors (Lipinski definition) is 1. The molecule has 1 aromatic heterocycles. The molecule has 1 aliphatic heterocycles. The maximum absolute atomic E-state index is 12.6. The summed E-state index contributed by atoms with van der Waals surface area (Å²) < 4.78 is 2.11. The first-order chi connectivity index (χ1) is 14.2. The molecule has 2 heterocycles. The van der Waals surface area contributed by atoms with Gasteiger partial charge in [0.05, 0.1) is 23.7 Å². The third-order valence-corrected chi connectivity index (χ3v) is 5.30. The lowest BCUT2D eigenvalue weighted by atomic mass is 10.1. The number of nitrogens with zero attached hydrogens (tertiary/aromatic N) is 4. The van der Waals surface area contributed by atoms with Gasteiger partial charge in [-0.1, -0.05) is 30.3 Å². The molecule has 29 heavy (non-hydrogen) atoms. The molecular formula is C23H23N5O. The summed E-state index contributed by atoms with van der Waals surface area (Å²) in [4.78, 5) is 18.8. The molecule has 0 radical (unpaired) electrons. The molecule has 1 N–H and O–H groups in total. The van der Waals surface area contributed by atoms with E-state index in [-0.39, 0.29) is 11.9 Å². The molecule has 6 nitrogen and oxygen atoms in total. The van der Waals surface area contributed by atoms with Crippen LogP contribution in [0.4, 0.5) is 0 Å². The SMILES string of the molecule is N#Cc1ccc(Cn2cncc2CN[C@@H]2CCN(C(=O)c3ccccc3)C2)cc1. The van der Waals surface area contributed by atoms with Crippen LogP contribution >= 0.6 is 0 Å². The second kappa shape index (κ2) is 8.72. The molecule has 0 aliphatic carbocycles. The van der Waals surface area contributed by atoms with Crippen molar-refractivity contribution in [2.24, 2.45) is 0 Å². The summed E-state index contributed by atoms with van der Waals surface area (Å²) in [7, 11) is 0. The van der Waals surface area contributed by atoms with E-state index < -0.39 is 0 Å². The van der Waals surface area contributed by atoms with Crippen molar-refractivity contribution >= 4 is 5.91 Å². The summed E-state index contributed by atoms with van der Waals surface area (Å²) in [5, 5.41) is 12.5. The number of imidazole rings is 1. The first kappa shape index (κ1) is 18.9. The van der Waals surface area contributed by atoms with Gasteiger partial charge >= 0.3 is 0 Å². The number of hydrogen-bond acceptors (Lipinski definition) is 4. The number of amides is 1. The third kappa shape index (κ3) is 4.53. The van der Waals surface area contributed by atoms with Gasteiger partial charge in [0.15, 0.2) is 0 Å². The Bertz CT molecular complexity index is 1000. The fraction of sp³-hybridized carbons (Fsp3) is 0.261. The van der Waals surface area contributed by atoms with E-state index in [0.717, 1.165) is 36.3 Å². The Morgan fingerprint density at radius 2 is 1.97 bits per heavy atom. The summed E-state index contributed by atoms with van der Waals surface area (Å²) >= 11 is 0. The van der Waals surface area contributed by atoms with Crippen LogP contribution in [0.15, 0.2) is 67.1 Å². The van der Waals surface area contributed by atoms with E-state index in [9.17, 15) is 4.79 Å². The number of carbonyl (C=O) groups excluding carboxylic acids is 1. The molecule has 0 saturated carbocycles. The van der Waals surface area contributed by atoms with Crippen LogP contribution in [0.2, 0.25) is 0 Å². The molecule has 0 unspecified atom stereocenters. The van der Waals surface area contributed by atoms with E-state index in [2.05, 4.69) is 20.9 Å². The number of rotatable bonds is 6. The maximum Gasteiger partial charge on any atom is 0.253 e. The van der Waals surface area contributed by atoms with Gasteiger partial charge in [-0.25, -0.2) is 4.98 Å². The molecule has 1 fully saturated rings. The van der Waals surface area contributed by atoms with Crippen LogP contribution < -0.4 is 5.32 Å². The molecule has 1 atom stereocenters. The van der Waals surface area contributed by atoms with Crippen LogP contribution in [0.5, 0.6) is 0 Å². The zero-order valence-electron chi connectivity index (χ0n) is 16.2. The van der Waals surface area contributed by atoms with Crippen LogP contribution in [0.25, 0.3) is 0 Å². The van der Waals surface area contributed by atoms with Crippen LogP contribution in [0.3, 0.4) is 0 Å². The average molecular weight is 385 g/mol. The Kier molecular flexibility index (Phi) is 5.68. The van der Waals surface area contributed by atoms with E-state index in [0.29, 0.717) is 18.7 Å². The largest absolute Gasteiger partial charge is 0.337 e. The lowest BCUT2D eigenvalue weighted by Gasteiger charge is -2.17. The van der Waals surface area contributed by atoms with E-state index in [1.807, 2.05) is 72.0 Å². The number of carbonyl (C=O) groups is 1. The molecule has 2 aromatic carbocycles. The minimum atomic E-state index is 0.0979. The first-order valence-corrected chi connectivity index (χ1v) is 9.78. The van der Waals surface area contributed by atoms with Gasteiger partial charge in [0.1, 0.15) is 0 Å². The normalized spacial score (nSPS) is 16.0. The Balaban J connectivity index is 1.32. The first-order valence-electron chi connectivity index (χ1n) is 9.78. The van der Waals surface area contributed by atoms with Crippen molar-refractivity contribution in [3.63, 3.8) is 0 Å². The highest BCUT2D eigenvalue weighted by Crippen LogP contribution is 2.15. The second-order valence-corrected chi connectivity index (χ2v) is 7.31. The van der Waals surface area contributed by atoms with Gasteiger partial charge in [-0.05, 0) is 36.2 Å². The van der Waals surface area contributed by atoms with E-state index >= 15 is 0 Å². The number of benzene rings is 2. The highest BCUT2D eigenvalue weighted by Gasteiger charge is 2.26. The minimum Gasteiger partial charge on any atom is -0.337 e. The Morgan fingerprint density at radius 1 is 1.17 bits per heavy atom. The van der Waals surface area contributed by atoms with Crippen LogP contribution in [0, 0.1) is 11.3 Å². The Labute approximate surface area is 170 Å². The smallest absolute Gasteiger partial charge is 0.253 e. The standard InChI is InChI=1S/C23H23N5O/c24-12-18-6-8-19(9-7-18)15-28-17-25-13-22(28)14-26-21-10-11-27(16-21)23(29)20-4-2-1-3-5-20/h1-9,13,17,21,26H,10-11,14-16H2/t21-/m1/s1. The molecule has 0 bridgehead atoms. The van der Waals surface area contributed by atoms with Gasteiger partial charge in [-0.2, -0.15) is 5.26 Å². The van der Waals surface area contributed by atoms with Crippen molar-refractivity contribution in [3.8, 4) is 6.07 Å². The summed E-state index contributed by atoms with van der Waals surface area (Å²) in [5.74, 6) is 0.0979. The van der Waals surface area contributed by atoms with Crippen LogP contribution in [0.1, 0.15) is 33.6 Å². The van der Waals surface area contributed by atoms with Crippen LogP contribution in [-0.2, 0) is 13.1 Å². The molecule has 1 saturated heterocycles. The van der Waals surface area contributed by atoms with Crippen molar-refractivity contribution in [3.05, 3.63) is 89.5 Å². The van der Waals surface area contributed by atoms with E-state index in [1.54, 1.807) is 0 Å². The predicted molar refractivity (Wildman–Crippen MR) is 110 cm³/mol. The van der Waals surface area contributed by atoms with Crippen molar-refractivity contribution in [1.29, 1.82) is 5.26 Å². The maximum atomic E-state index is 12.6. The Morgan fingerprint density at radius 3 is 2.72 bits per heavy atom. The zero-order chi connectivity index (χ0) is 20.1. The van der Waals surface area contributed by atoms with Crippen LogP contribution in [-0.4, -0.2) is 39.5 Å². The fourth-order valence-corrected chi connectivity index (χ4v) is 3.64. The molecule has 1 amide bonds. The number of nitriles is 1. The topological polar surface area (TPSA) is 74.0 Å². The number of nitrogens with one attached hydrogen (secondary N) is 1. The minimum absolute atomic E-state index is 0.0979. The van der Waals surface area contributed by atoms with Crippen molar-refractivity contribution < 1.29 is 4.79 Å². The summed E-state index contributed by atoms with van der Waals surface area (Å²) in [5.41, 5.74) is 3.64. The van der Waals surface area contributed by atoms with Gasteiger partial charge in [0, 0.05) is 44.0 Å². The molecule has 146 valence electrons. The quantitative estimate of drug-likeness (QED) is 0.708. The molecule has 3 aromatic rings. The predicted octanol–water partition coefficient (Wildman–Crippen LogP) is 2.81. The van der Waals surface area contributed by atoms with Gasteiger partial charge in [0.2, 0.25) is 0 Å². The molecule has 1 aliphatic rings. The van der Waals surface area contributed by atoms with Gasteiger partial charge in [-0.3, -0.25) is 4.79 Å². The summed E-state index contributed by atoms with van der Waals surface area (Å²) in [6.07, 6.45) is 4.65. The molecule has 0 spiro atoms. The summed E-state index contributed by atoms with van der Waals surface area (Å²) in [6.45, 7) is 2.91. The van der Waals surface area contributed by atoms with E-state index in [1.165, 1.54) is 0 Å². The van der Waals surface area contributed by atoms with Gasteiger partial charge in [0.25, 0.3) is 5.91 Å². The van der Waals surface area contributed by atoms with E-state index in [4.69, 9.17) is 5.26 Å². The zero-order valence-corrected chi connectivity index (χ0v) is 16.2. The summed E-state index contributed by atoms with van der Waals surface area (Å²) in [6, 6.07) is 19.5.